The van der Waals surface area contributed by atoms with Gasteiger partial charge in [-0.2, -0.15) is 0 Å². The summed E-state index contributed by atoms with van der Waals surface area (Å²) in [5.74, 6) is 2.13. The largest absolute Gasteiger partial charge is 0.355 e. The van der Waals surface area contributed by atoms with Crippen molar-refractivity contribution in [2.75, 3.05) is 39.8 Å². The van der Waals surface area contributed by atoms with Gasteiger partial charge in [0.2, 0.25) is 0 Å². The van der Waals surface area contributed by atoms with E-state index in [2.05, 4.69) is 69.8 Å². The van der Waals surface area contributed by atoms with Crippen LogP contribution in [0.2, 0.25) is 0 Å². The van der Waals surface area contributed by atoms with Crippen molar-refractivity contribution in [3.63, 3.8) is 0 Å². The van der Waals surface area contributed by atoms with E-state index in [0.29, 0.717) is 23.9 Å². The van der Waals surface area contributed by atoms with Gasteiger partial charge in [0.15, 0.2) is 5.96 Å². The smallest absolute Gasteiger partial charge is 0.193 e. The molecule has 1 saturated heterocycles. The van der Waals surface area contributed by atoms with Crippen LogP contribution in [0.3, 0.4) is 0 Å². The third-order valence-electron chi connectivity index (χ3n) is 5.77. The first-order chi connectivity index (χ1) is 13.5. The molecule has 1 aromatic rings. The van der Waals surface area contributed by atoms with Gasteiger partial charge >= 0.3 is 0 Å². The summed E-state index contributed by atoms with van der Waals surface area (Å²) in [4.78, 5) is 13.6. The zero-order valence-corrected chi connectivity index (χ0v) is 18.1. The van der Waals surface area contributed by atoms with Gasteiger partial charge in [-0.15, -0.1) is 13.2 Å². The first kappa shape index (κ1) is 22.2. The summed E-state index contributed by atoms with van der Waals surface area (Å²) < 4.78 is 2.23. The summed E-state index contributed by atoms with van der Waals surface area (Å²) in [5.41, 5.74) is 0. The molecule has 2 rings (SSSR count). The second-order valence-electron chi connectivity index (χ2n) is 8.06. The van der Waals surface area contributed by atoms with Gasteiger partial charge in [0, 0.05) is 58.2 Å². The number of aromatic nitrogens is 2. The molecule has 2 heterocycles. The van der Waals surface area contributed by atoms with E-state index < -0.39 is 0 Å². The first-order valence-corrected chi connectivity index (χ1v) is 10.4. The van der Waals surface area contributed by atoms with E-state index in [9.17, 15) is 0 Å². The second kappa shape index (κ2) is 11.1. The van der Waals surface area contributed by atoms with E-state index >= 15 is 0 Å². The number of nitrogens with zero attached hydrogens (tertiary/aromatic N) is 5. The normalized spacial score (nSPS) is 21.8. The first-order valence-electron chi connectivity index (χ1n) is 10.4. The van der Waals surface area contributed by atoms with E-state index in [4.69, 9.17) is 0 Å². The van der Waals surface area contributed by atoms with E-state index in [1.54, 1.807) is 0 Å². The standard InChI is InChI=1S/C22H38N6/c1-7-11-26(12-8-2)20(18(3)4)15-25-22(23-6)27-13-9-19(5)21(16-27)28-14-10-24-17-28/h7-8,10,14,17-21H,1-2,9,11-13,15-16H2,3-6H3,(H,23,25). The molecule has 1 N–H and O–H groups in total. The number of nitrogens with one attached hydrogen (secondary N) is 1. The van der Waals surface area contributed by atoms with Crippen molar-refractivity contribution < 1.29 is 0 Å². The molecule has 6 heteroatoms. The van der Waals surface area contributed by atoms with Crippen LogP contribution in [0.1, 0.15) is 33.2 Å². The van der Waals surface area contributed by atoms with Crippen molar-refractivity contribution in [1.29, 1.82) is 0 Å². The lowest BCUT2D eigenvalue weighted by molar-refractivity contribution is 0.176. The molecule has 6 nitrogen and oxygen atoms in total. The molecule has 0 bridgehead atoms. The SMILES string of the molecule is C=CCN(CC=C)C(CNC(=NC)N1CCC(C)C(n2ccnc2)C1)C(C)C. The average molecular weight is 387 g/mol. The molecule has 3 unspecified atom stereocenters. The minimum absolute atomic E-state index is 0.390. The maximum Gasteiger partial charge on any atom is 0.193 e. The molecular formula is C22H38N6. The van der Waals surface area contributed by atoms with Gasteiger partial charge in [-0.1, -0.05) is 32.9 Å². The van der Waals surface area contributed by atoms with Gasteiger partial charge in [0.05, 0.1) is 12.4 Å². The lowest BCUT2D eigenvalue weighted by atomic mass is 9.93. The molecule has 1 aromatic heterocycles. The Balaban J connectivity index is 2.04. The molecule has 0 aliphatic carbocycles. The topological polar surface area (TPSA) is 48.7 Å². The van der Waals surface area contributed by atoms with Gasteiger partial charge < -0.3 is 14.8 Å². The Morgan fingerprint density at radius 1 is 1.36 bits per heavy atom. The zero-order chi connectivity index (χ0) is 20.5. The highest BCUT2D eigenvalue weighted by molar-refractivity contribution is 5.80. The molecule has 0 aromatic carbocycles. The van der Waals surface area contributed by atoms with E-state index in [-0.39, 0.29) is 0 Å². The van der Waals surface area contributed by atoms with Crippen molar-refractivity contribution >= 4 is 5.96 Å². The third kappa shape index (κ3) is 5.71. The van der Waals surface area contributed by atoms with Crippen molar-refractivity contribution in [3.05, 3.63) is 44.0 Å². The fourth-order valence-electron chi connectivity index (χ4n) is 4.09. The molecule has 1 fully saturated rings. The number of aliphatic imine (C=N–C) groups is 1. The third-order valence-corrected chi connectivity index (χ3v) is 5.77. The number of rotatable bonds is 9. The average Bonchev–Trinajstić information content (AvgIpc) is 3.20. The number of likely N-dealkylation sites (tertiary alicyclic amines) is 1. The molecular weight excluding hydrogens is 348 g/mol. The summed E-state index contributed by atoms with van der Waals surface area (Å²) in [6, 6.07) is 0.814. The van der Waals surface area contributed by atoms with Gasteiger partial charge in [-0.25, -0.2) is 4.98 Å². The second-order valence-corrected chi connectivity index (χ2v) is 8.06. The summed E-state index contributed by atoms with van der Waals surface area (Å²) >= 11 is 0. The van der Waals surface area contributed by atoms with Crippen LogP contribution in [0.25, 0.3) is 0 Å². The van der Waals surface area contributed by atoms with Crippen LogP contribution in [0, 0.1) is 11.8 Å². The lowest BCUT2D eigenvalue weighted by Gasteiger charge is -2.40. The summed E-state index contributed by atoms with van der Waals surface area (Å²) in [7, 11) is 1.88. The molecule has 0 saturated carbocycles. The predicted octanol–water partition coefficient (Wildman–Crippen LogP) is 3.04. The molecule has 1 aliphatic heterocycles. The van der Waals surface area contributed by atoms with Crippen molar-refractivity contribution in [1.82, 2.24) is 24.7 Å². The van der Waals surface area contributed by atoms with E-state index in [1.165, 1.54) is 0 Å². The molecule has 1 aliphatic rings. The monoisotopic (exact) mass is 386 g/mol. The quantitative estimate of drug-likeness (QED) is 0.403. The highest BCUT2D eigenvalue weighted by Gasteiger charge is 2.29. The number of hydrogen-bond donors (Lipinski definition) is 1. The molecule has 156 valence electrons. The highest BCUT2D eigenvalue weighted by Crippen LogP contribution is 2.27. The fraction of sp³-hybridized carbons (Fsp3) is 0.636. The van der Waals surface area contributed by atoms with Crippen molar-refractivity contribution in [2.24, 2.45) is 16.8 Å². The zero-order valence-electron chi connectivity index (χ0n) is 18.1. The van der Waals surface area contributed by atoms with E-state index in [0.717, 1.165) is 45.1 Å². The van der Waals surface area contributed by atoms with Crippen LogP contribution < -0.4 is 5.32 Å². The molecule has 3 atom stereocenters. The van der Waals surface area contributed by atoms with Gasteiger partial charge in [0.1, 0.15) is 0 Å². The number of piperidine rings is 1. The van der Waals surface area contributed by atoms with Crippen LogP contribution in [-0.2, 0) is 0 Å². The molecule has 0 spiro atoms. The van der Waals surface area contributed by atoms with Crippen LogP contribution in [-0.4, -0.2) is 71.1 Å². The Labute approximate surface area is 171 Å². The minimum atomic E-state index is 0.390. The summed E-state index contributed by atoms with van der Waals surface area (Å²) in [5, 5.41) is 3.64. The number of guanidine groups is 1. The van der Waals surface area contributed by atoms with Gasteiger partial charge in [-0.3, -0.25) is 9.89 Å². The highest BCUT2D eigenvalue weighted by atomic mass is 15.3. The molecule has 0 radical (unpaired) electrons. The Morgan fingerprint density at radius 2 is 2.07 bits per heavy atom. The Morgan fingerprint density at radius 3 is 2.61 bits per heavy atom. The number of imidazole rings is 1. The number of hydrogen-bond acceptors (Lipinski definition) is 3. The fourth-order valence-corrected chi connectivity index (χ4v) is 4.09. The predicted molar refractivity (Wildman–Crippen MR) is 119 cm³/mol. The van der Waals surface area contributed by atoms with Gasteiger partial charge in [0.25, 0.3) is 0 Å². The van der Waals surface area contributed by atoms with Crippen LogP contribution in [0.5, 0.6) is 0 Å². The van der Waals surface area contributed by atoms with Crippen LogP contribution in [0.15, 0.2) is 49.0 Å². The Bertz CT molecular complexity index is 611. The van der Waals surface area contributed by atoms with Gasteiger partial charge in [-0.05, 0) is 18.3 Å². The lowest BCUT2D eigenvalue weighted by Crippen LogP contribution is -2.53. The Kier molecular flexibility index (Phi) is 8.77. The minimum Gasteiger partial charge on any atom is -0.355 e. The molecule has 28 heavy (non-hydrogen) atoms. The Hall–Kier alpha value is -2.08. The van der Waals surface area contributed by atoms with E-state index in [1.807, 2.05) is 31.7 Å². The summed E-state index contributed by atoms with van der Waals surface area (Å²) in [6.45, 7) is 19.3. The van der Waals surface area contributed by atoms with Crippen LogP contribution in [0.4, 0.5) is 0 Å². The molecule has 0 amide bonds. The maximum atomic E-state index is 4.58. The van der Waals surface area contributed by atoms with Crippen molar-refractivity contribution in [3.8, 4) is 0 Å². The van der Waals surface area contributed by atoms with Crippen LogP contribution >= 0.6 is 0 Å². The maximum absolute atomic E-state index is 4.58. The van der Waals surface area contributed by atoms with Crippen molar-refractivity contribution in [2.45, 2.75) is 39.3 Å². The summed E-state index contributed by atoms with van der Waals surface area (Å²) in [6.07, 6.45) is 10.9.